The zero-order valence-electron chi connectivity index (χ0n) is 10.2. The summed E-state index contributed by atoms with van der Waals surface area (Å²) in [5.74, 6) is -0.240. The number of hydrogen-bond acceptors (Lipinski definition) is 3. The molecule has 1 unspecified atom stereocenters. The Morgan fingerprint density at radius 2 is 2.28 bits per heavy atom. The average Bonchev–Trinajstić information content (AvgIpc) is 2.33. The highest BCUT2D eigenvalue weighted by molar-refractivity contribution is 6.30. The van der Waals surface area contributed by atoms with E-state index in [1.807, 2.05) is 12.1 Å². The minimum atomic E-state index is -0.205. The first-order chi connectivity index (χ1) is 8.56. The fourth-order valence-corrected chi connectivity index (χ4v) is 2.56. The minimum absolute atomic E-state index is 0.0349. The van der Waals surface area contributed by atoms with Crippen molar-refractivity contribution in [2.75, 3.05) is 18.8 Å². The number of halogens is 1. The Balaban J connectivity index is 2.02. The van der Waals surface area contributed by atoms with E-state index in [1.54, 1.807) is 6.07 Å². The Kier molecular flexibility index (Phi) is 4.09. The SMILES string of the molecule is NC(=O)C1CCCN(Cc2ccc(Cl)cc2N)C1. The molecule has 0 spiro atoms. The van der Waals surface area contributed by atoms with Gasteiger partial charge in [-0.1, -0.05) is 17.7 Å². The maximum atomic E-state index is 11.2. The van der Waals surface area contributed by atoms with E-state index in [4.69, 9.17) is 23.1 Å². The maximum Gasteiger partial charge on any atom is 0.221 e. The van der Waals surface area contributed by atoms with Crippen LogP contribution in [0.4, 0.5) is 5.69 Å². The molecule has 0 radical (unpaired) electrons. The van der Waals surface area contributed by atoms with Crippen LogP contribution in [-0.2, 0) is 11.3 Å². The number of likely N-dealkylation sites (tertiary alicyclic amines) is 1. The predicted octanol–water partition coefficient (Wildman–Crippen LogP) is 1.62. The van der Waals surface area contributed by atoms with Gasteiger partial charge in [-0.2, -0.15) is 0 Å². The standard InChI is InChI=1S/C13H18ClN3O/c14-11-4-3-9(12(15)6-11)7-17-5-1-2-10(8-17)13(16)18/h3-4,6,10H,1-2,5,7-8,15H2,(H2,16,18). The summed E-state index contributed by atoms with van der Waals surface area (Å²) in [6.07, 6.45) is 1.89. The molecule has 4 N–H and O–H groups in total. The number of anilines is 1. The van der Waals surface area contributed by atoms with E-state index in [9.17, 15) is 4.79 Å². The summed E-state index contributed by atoms with van der Waals surface area (Å²) in [7, 11) is 0. The van der Waals surface area contributed by atoms with Crippen molar-refractivity contribution in [1.29, 1.82) is 0 Å². The van der Waals surface area contributed by atoms with Gasteiger partial charge in [0, 0.05) is 23.8 Å². The summed E-state index contributed by atoms with van der Waals surface area (Å²) in [5.41, 5.74) is 13.0. The van der Waals surface area contributed by atoms with Crippen LogP contribution in [0.3, 0.4) is 0 Å². The smallest absolute Gasteiger partial charge is 0.221 e. The van der Waals surface area contributed by atoms with Gasteiger partial charge in [0.2, 0.25) is 5.91 Å². The first kappa shape index (κ1) is 13.2. The van der Waals surface area contributed by atoms with Crippen LogP contribution in [0.15, 0.2) is 18.2 Å². The van der Waals surface area contributed by atoms with Crippen molar-refractivity contribution >= 4 is 23.2 Å². The van der Waals surface area contributed by atoms with Crippen molar-refractivity contribution in [1.82, 2.24) is 4.90 Å². The molecule has 18 heavy (non-hydrogen) atoms. The van der Waals surface area contributed by atoms with Crippen LogP contribution in [0.1, 0.15) is 18.4 Å². The fraction of sp³-hybridized carbons (Fsp3) is 0.462. The number of piperidine rings is 1. The second-order valence-corrected chi connectivity index (χ2v) is 5.26. The normalized spacial score (nSPS) is 20.8. The van der Waals surface area contributed by atoms with Crippen LogP contribution in [0.5, 0.6) is 0 Å². The maximum absolute atomic E-state index is 11.2. The second-order valence-electron chi connectivity index (χ2n) is 4.82. The molecular weight excluding hydrogens is 250 g/mol. The highest BCUT2D eigenvalue weighted by Gasteiger charge is 2.24. The topological polar surface area (TPSA) is 72.4 Å². The summed E-state index contributed by atoms with van der Waals surface area (Å²) in [6.45, 7) is 2.44. The van der Waals surface area contributed by atoms with E-state index < -0.39 is 0 Å². The third kappa shape index (κ3) is 3.15. The molecule has 1 saturated heterocycles. The van der Waals surface area contributed by atoms with Gasteiger partial charge >= 0.3 is 0 Å². The average molecular weight is 268 g/mol. The number of primary amides is 1. The van der Waals surface area contributed by atoms with E-state index in [2.05, 4.69) is 4.90 Å². The Bertz CT molecular complexity index is 450. The van der Waals surface area contributed by atoms with Crippen molar-refractivity contribution in [3.63, 3.8) is 0 Å². The van der Waals surface area contributed by atoms with Crippen LogP contribution in [0, 0.1) is 5.92 Å². The van der Waals surface area contributed by atoms with Gasteiger partial charge in [-0.3, -0.25) is 9.69 Å². The predicted molar refractivity (Wildman–Crippen MR) is 73.1 cm³/mol. The Hall–Kier alpha value is -1.26. The number of nitrogens with two attached hydrogens (primary N) is 2. The summed E-state index contributed by atoms with van der Waals surface area (Å²) in [5, 5.41) is 0.643. The first-order valence-corrected chi connectivity index (χ1v) is 6.49. The number of amides is 1. The summed E-state index contributed by atoms with van der Waals surface area (Å²) in [4.78, 5) is 13.4. The van der Waals surface area contributed by atoms with Gasteiger partial charge in [-0.25, -0.2) is 0 Å². The van der Waals surface area contributed by atoms with E-state index in [-0.39, 0.29) is 11.8 Å². The highest BCUT2D eigenvalue weighted by Crippen LogP contribution is 2.22. The van der Waals surface area contributed by atoms with Gasteiger partial charge < -0.3 is 11.5 Å². The van der Waals surface area contributed by atoms with Crippen LogP contribution >= 0.6 is 11.6 Å². The lowest BCUT2D eigenvalue weighted by Crippen LogP contribution is -2.40. The molecular formula is C13H18ClN3O. The number of nitrogen functional groups attached to an aromatic ring is 1. The molecule has 98 valence electrons. The second kappa shape index (κ2) is 5.59. The van der Waals surface area contributed by atoms with Gasteiger partial charge in [0.1, 0.15) is 0 Å². The zero-order chi connectivity index (χ0) is 13.1. The first-order valence-electron chi connectivity index (χ1n) is 6.12. The van der Waals surface area contributed by atoms with Crippen LogP contribution < -0.4 is 11.5 Å². The third-order valence-electron chi connectivity index (χ3n) is 3.41. The summed E-state index contributed by atoms with van der Waals surface area (Å²) < 4.78 is 0. The molecule has 1 aliphatic rings. The van der Waals surface area contributed by atoms with E-state index in [0.717, 1.165) is 38.0 Å². The highest BCUT2D eigenvalue weighted by atomic mass is 35.5. The molecule has 1 heterocycles. The van der Waals surface area contributed by atoms with Gasteiger partial charge in [0.05, 0.1) is 5.92 Å². The lowest BCUT2D eigenvalue weighted by atomic mass is 9.97. The van der Waals surface area contributed by atoms with Gasteiger partial charge in [-0.15, -0.1) is 0 Å². The molecule has 1 atom stereocenters. The number of carbonyl (C=O) groups is 1. The molecule has 1 fully saturated rings. The Morgan fingerprint density at radius 3 is 2.94 bits per heavy atom. The van der Waals surface area contributed by atoms with Crippen molar-refractivity contribution in [2.45, 2.75) is 19.4 Å². The van der Waals surface area contributed by atoms with E-state index in [0.29, 0.717) is 10.7 Å². The van der Waals surface area contributed by atoms with Crippen LogP contribution in [-0.4, -0.2) is 23.9 Å². The summed E-state index contributed by atoms with van der Waals surface area (Å²) in [6, 6.07) is 5.53. The van der Waals surface area contributed by atoms with Crippen molar-refractivity contribution in [3.05, 3.63) is 28.8 Å². The molecule has 1 aromatic rings. The molecule has 0 bridgehead atoms. The largest absolute Gasteiger partial charge is 0.398 e. The quantitative estimate of drug-likeness (QED) is 0.818. The third-order valence-corrected chi connectivity index (χ3v) is 3.64. The van der Waals surface area contributed by atoms with Crippen molar-refractivity contribution < 1.29 is 4.79 Å². The number of carbonyl (C=O) groups excluding carboxylic acids is 1. The molecule has 4 nitrogen and oxygen atoms in total. The Labute approximate surface area is 112 Å². The lowest BCUT2D eigenvalue weighted by molar-refractivity contribution is -0.123. The van der Waals surface area contributed by atoms with Crippen molar-refractivity contribution in [3.8, 4) is 0 Å². The molecule has 5 heteroatoms. The monoisotopic (exact) mass is 267 g/mol. The molecule has 0 aromatic heterocycles. The molecule has 0 aliphatic carbocycles. The van der Waals surface area contributed by atoms with Gasteiger partial charge in [0.25, 0.3) is 0 Å². The Morgan fingerprint density at radius 1 is 1.50 bits per heavy atom. The van der Waals surface area contributed by atoms with E-state index >= 15 is 0 Å². The zero-order valence-corrected chi connectivity index (χ0v) is 11.0. The molecule has 2 rings (SSSR count). The van der Waals surface area contributed by atoms with Crippen LogP contribution in [0.25, 0.3) is 0 Å². The van der Waals surface area contributed by atoms with E-state index in [1.165, 1.54) is 0 Å². The molecule has 1 aromatic carbocycles. The fourth-order valence-electron chi connectivity index (χ4n) is 2.38. The number of benzene rings is 1. The van der Waals surface area contributed by atoms with Gasteiger partial charge in [0.15, 0.2) is 0 Å². The molecule has 1 aliphatic heterocycles. The van der Waals surface area contributed by atoms with Crippen LogP contribution in [0.2, 0.25) is 5.02 Å². The summed E-state index contributed by atoms with van der Waals surface area (Å²) >= 11 is 5.87. The minimum Gasteiger partial charge on any atom is -0.398 e. The number of hydrogen-bond donors (Lipinski definition) is 2. The lowest BCUT2D eigenvalue weighted by Gasteiger charge is -2.31. The molecule has 1 amide bonds. The van der Waals surface area contributed by atoms with Crippen molar-refractivity contribution in [2.24, 2.45) is 11.7 Å². The number of rotatable bonds is 3. The molecule has 0 saturated carbocycles. The number of nitrogens with zero attached hydrogens (tertiary/aromatic N) is 1. The van der Waals surface area contributed by atoms with Gasteiger partial charge in [-0.05, 0) is 37.1 Å².